The molecule has 0 radical (unpaired) electrons. The third-order valence-corrected chi connectivity index (χ3v) is 4.00. The van der Waals surface area contributed by atoms with E-state index in [1.807, 2.05) is 0 Å². The van der Waals surface area contributed by atoms with Gasteiger partial charge in [0.25, 0.3) is 0 Å². The Labute approximate surface area is 109 Å². The highest BCUT2D eigenvalue weighted by Crippen LogP contribution is 2.20. The normalized spacial score (nSPS) is 21.1. The topological polar surface area (TPSA) is 32.3 Å². The Kier molecular flexibility index (Phi) is 3.62. The maximum atomic E-state index is 4.42. The molecule has 2 aliphatic rings. The van der Waals surface area contributed by atoms with Crippen LogP contribution in [-0.2, 0) is 0 Å². The molecule has 4 heteroatoms. The minimum Gasteiger partial charge on any atom is -0.355 e. The maximum Gasteiger partial charge on any atom is 0.151 e. The van der Waals surface area contributed by atoms with E-state index in [-0.39, 0.29) is 0 Å². The molecule has 4 nitrogen and oxygen atoms in total. The summed E-state index contributed by atoms with van der Waals surface area (Å²) >= 11 is 0. The lowest BCUT2D eigenvalue weighted by Crippen LogP contribution is -2.26. The third kappa shape index (κ3) is 2.57. The number of hydrogen-bond donors (Lipinski definition) is 0. The highest BCUT2D eigenvalue weighted by Gasteiger charge is 2.15. The second-order valence-corrected chi connectivity index (χ2v) is 5.35. The highest BCUT2D eigenvalue weighted by molar-refractivity contribution is 5.45. The van der Waals surface area contributed by atoms with Gasteiger partial charge < -0.3 is 9.80 Å². The SMILES string of the molecule is c1cc(N2CCCC2)nnc1N1CCCCCC1. The van der Waals surface area contributed by atoms with E-state index in [4.69, 9.17) is 0 Å². The summed E-state index contributed by atoms with van der Waals surface area (Å²) in [6, 6.07) is 4.28. The summed E-state index contributed by atoms with van der Waals surface area (Å²) in [5.41, 5.74) is 0. The van der Waals surface area contributed by atoms with Crippen molar-refractivity contribution in [2.75, 3.05) is 36.0 Å². The van der Waals surface area contributed by atoms with Gasteiger partial charge in [-0.25, -0.2) is 0 Å². The average Bonchev–Trinajstić information content (AvgIpc) is 2.82. The molecule has 98 valence electrons. The van der Waals surface area contributed by atoms with Gasteiger partial charge in [-0.15, -0.1) is 10.2 Å². The Bertz CT molecular complexity index is 362. The molecule has 0 atom stereocenters. The number of hydrogen-bond acceptors (Lipinski definition) is 4. The van der Waals surface area contributed by atoms with Gasteiger partial charge in [-0.3, -0.25) is 0 Å². The summed E-state index contributed by atoms with van der Waals surface area (Å²) in [4.78, 5) is 4.72. The van der Waals surface area contributed by atoms with Crippen molar-refractivity contribution in [1.29, 1.82) is 0 Å². The van der Waals surface area contributed by atoms with Gasteiger partial charge in [-0.1, -0.05) is 12.8 Å². The molecule has 2 saturated heterocycles. The van der Waals surface area contributed by atoms with Gasteiger partial charge in [0.2, 0.25) is 0 Å². The van der Waals surface area contributed by atoms with Gasteiger partial charge in [-0.2, -0.15) is 0 Å². The van der Waals surface area contributed by atoms with Crippen molar-refractivity contribution in [3.05, 3.63) is 12.1 Å². The minimum atomic E-state index is 1.05. The van der Waals surface area contributed by atoms with Crippen LogP contribution in [-0.4, -0.2) is 36.4 Å². The van der Waals surface area contributed by atoms with Gasteiger partial charge in [-0.05, 0) is 37.8 Å². The second-order valence-electron chi connectivity index (χ2n) is 5.35. The molecule has 3 rings (SSSR count). The Morgan fingerprint density at radius 2 is 1.00 bits per heavy atom. The number of nitrogens with zero attached hydrogens (tertiary/aromatic N) is 4. The first-order valence-electron chi connectivity index (χ1n) is 7.27. The van der Waals surface area contributed by atoms with Gasteiger partial charge in [0.05, 0.1) is 0 Å². The molecular weight excluding hydrogens is 224 g/mol. The largest absolute Gasteiger partial charge is 0.355 e. The fourth-order valence-electron chi connectivity index (χ4n) is 2.90. The number of rotatable bonds is 2. The van der Waals surface area contributed by atoms with Crippen molar-refractivity contribution < 1.29 is 0 Å². The molecule has 1 aromatic rings. The van der Waals surface area contributed by atoms with Gasteiger partial charge >= 0.3 is 0 Å². The van der Waals surface area contributed by atoms with Crippen LogP contribution >= 0.6 is 0 Å². The van der Waals surface area contributed by atoms with Crippen LogP contribution in [0.2, 0.25) is 0 Å². The van der Waals surface area contributed by atoms with E-state index in [9.17, 15) is 0 Å². The molecule has 0 N–H and O–H groups in total. The first-order valence-corrected chi connectivity index (χ1v) is 7.27. The van der Waals surface area contributed by atoms with E-state index in [0.29, 0.717) is 0 Å². The van der Waals surface area contributed by atoms with Crippen LogP contribution in [0.4, 0.5) is 11.6 Å². The van der Waals surface area contributed by atoms with Crippen LogP contribution in [0.5, 0.6) is 0 Å². The van der Waals surface area contributed by atoms with Crippen LogP contribution in [0.1, 0.15) is 38.5 Å². The molecule has 0 amide bonds. The van der Waals surface area contributed by atoms with Crippen molar-refractivity contribution in [1.82, 2.24) is 10.2 Å². The first-order chi connectivity index (χ1) is 8.93. The molecule has 2 aliphatic heterocycles. The molecular formula is C14H22N4. The Hall–Kier alpha value is -1.32. The van der Waals surface area contributed by atoms with Gasteiger partial charge in [0.1, 0.15) is 0 Å². The molecule has 3 heterocycles. The second kappa shape index (κ2) is 5.55. The third-order valence-electron chi connectivity index (χ3n) is 4.00. The molecule has 2 fully saturated rings. The summed E-state index contributed by atoms with van der Waals surface area (Å²) in [5, 5.41) is 8.82. The zero-order valence-electron chi connectivity index (χ0n) is 11.0. The van der Waals surface area contributed by atoms with Crippen LogP contribution < -0.4 is 9.80 Å². The molecule has 1 aromatic heterocycles. The molecule has 0 bridgehead atoms. The van der Waals surface area contributed by atoms with Crippen LogP contribution in [0.3, 0.4) is 0 Å². The molecule has 0 unspecified atom stereocenters. The predicted octanol–water partition coefficient (Wildman–Crippen LogP) is 2.46. The van der Waals surface area contributed by atoms with Crippen LogP contribution in [0.15, 0.2) is 12.1 Å². The number of anilines is 2. The van der Waals surface area contributed by atoms with Crippen molar-refractivity contribution in [3.8, 4) is 0 Å². The fourth-order valence-corrected chi connectivity index (χ4v) is 2.90. The van der Waals surface area contributed by atoms with E-state index in [0.717, 1.165) is 37.8 Å². The number of aromatic nitrogens is 2. The average molecular weight is 246 g/mol. The quantitative estimate of drug-likeness (QED) is 0.802. The van der Waals surface area contributed by atoms with E-state index in [2.05, 4.69) is 32.1 Å². The molecule has 18 heavy (non-hydrogen) atoms. The van der Waals surface area contributed by atoms with E-state index >= 15 is 0 Å². The standard InChI is InChI=1S/C14H22N4/c1-2-4-10-17(9-3-1)13-7-8-14(16-15-13)18-11-5-6-12-18/h7-8H,1-6,9-12H2. The molecule has 0 spiro atoms. The lowest BCUT2D eigenvalue weighted by Gasteiger charge is -2.22. The van der Waals surface area contributed by atoms with Crippen molar-refractivity contribution in [2.24, 2.45) is 0 Å². The van der Waals surface area contributed by atoms with Crippen molar-refractivity contribution in [3.63, 3.8) is 0 Å². The van der Waals surface area contributed by atoms with E-state index in [1.54, 1.807) is 0 Å². The summed E-state index contributed by atoms with van der Waals surface area (Å²) < 4.78 is 0. The van der Waals surface area contributed by atoms with Crippen molar-refractivity contribution in [2.45, 2.75) is 38.5 Å². The molecule has 0 saturated carbocycles. The van der Waals surface area contributed by atoms with Crippen LogP contribution in [0, 0.1) is 0 Å². The van der Waals surface area contributed by atoms with Crippen LogP contribution in [0.25, 0.3) is 0 Å². The Morgan fingerprint density at radius 3 is 1.39 bits per heavy atom. The highest BCUT2D eigenvalue weighted by atomic mass is 15.3. The first kappa shape index (κ1) is 11.8. The van der Waals surface area contributed by atoms with Crippen molar-refractivity contribution >= 4 is 11.6 Å². The lowest BCUT2D eigenvalue weighted by atomic mass is 10.2. The molecule has 0 aliphatic carbocycles. The predicted molar refractivity (Wildman–Crippen MR) is 74.2 cm³/mol. The zero-order valence-corrected chi connectivity index (χ0v) is 11.0. The summed E-state index contributed by atoms with van der Waals surface area (Å²) in [6.07, 6.45) is 7.86. The van der Waals surface area contributed by atoms with E-state index < -0.39 is 0 Å². The maximum absolute atomic E-state index is 4.42. The summed E-state index contributed by atoms with van der Waals surface area (Å²) in [7, 11) is 0. The lowest BCUT2D eigenvalue weighted by molar-refractivity contribution is 0.726. The summed E-state index contributed by atoms with van der Waals surface area (Å²) in [5.74, 6) is 2.10. The van der Waals surface area contributed by atoms with E-state index in [1.165, 1.54) is 38.5 Å². The Balaban J connectivity index is 1.69. The Morgan fingerprint density at radius 1 is 0.611 bits per heavy atom. The molecule has 0 aromatic carbocycles. The smallest absolute Gasteiger partial charge is 0.151 e. The van der Waals surface area contributed by atoms with Gasteiger partial charge in [0.15, 0.2) is 11.6 Å². The summed E-state index contributed by atoms with van der Waals surface area (Å²) in [6.45, 7) is 4.55. The monoisotopic (exact) mass is 246 g/mol. The fraction of sp³-hybridized carbons (Fsp3) is 0.714. The zero-order chi connectivity index (χ0) is 12.2. The van der Waals surface area contributed by atoms with Gasteiger partial charge in [0, 0.05) is 26.2 Å². The minimum absolute atomic E-state index is 1.05.